The van der Waals surface area contributed by atoms with Crippen molar-refractivity contribution in [1.82, 2.24) is 5.43 Å². The van der Waals surface area contributed by atoms with E-state index in [1.165, 1.54) is 11.3 Å². The third-order valence-electron chi connectivity index (χ3n) is 1.90. The minimum absolute atomic E-state index is 0.0778. The summed E-state index contributed by atoms with van der Waals surface area (Å²) in [5.41, 5.74) is 2.45. The van der Waals surface area contributed by atoms with Crippen LogP contribution in [0.1, 0.15) is 4.88 Å². The zero-order valence-electron chi connectivity index (χ0n) is 8.76. The smallest absolute Gasteiger partial charge is 0.370 e. The maximum Gasteiger partial charge on any atom is 0.411 e. The molecule has 0 aliphatic carbocycles. The SMILES string of the molecule is NNC(COCC(F)(F)F)Cc1ccc(Br)s1. The summed E-state index contributed by atoms with van der Waals surface area (Å²) in [7, 11) is 0. The molecule has 0 aromatic carbocycles. The van der Waals surface area contributed by atoms with Crippen molar-refractivity contribution in [1.29, 1.82) is 0 Å². The van der Waals surface area contributed by atoms with Crippen LogP contribution in [0.4, 0.5) is 13.2 Å². The second-order valence-electron chi connectivity index (χ2n) is 3.40. The quantitative estimate of drug-likeness (QED) is 0.621. The topological polar surface area (TPSA) is 47.3 Å². The molecule has 1 aromatic rings. The normalized spacial score (nSPS) is 13.9. The van der Waals surface area contributed by atoms with Crippen LogP contribution in [0.2, 0.25) is 0 Å². The first kappa shape index (κ1) is 14.9. The van der Waals surface area contributed by atoms with Gasteiger partial charge >= 0.3 is 6.18 Å². The van der Waals surface area contributed by atoms with Crippen LogP contribution >= 0.6 is 27.3 Å². The number of hydrogen-bond acceptors (Lipinski definition) is 4. The van der Waals surface area contributed by atoms with Crippen molar-refractivity contribution in [3.8, 4) is 0 Å². The standard InChI is InChI=1S/C9H12BrF3N2OS/c10-8-2-1-7(17-8)3-6(15-14)4-16-5-9(11,12)13/h1-2,6,15H,3-5,14H2. The number of rotatable bonds is 6. The molecule has 0 spiro atoms. The number of halogens is 4. The molecule has 0 radical (unpaired) electrons. The molecule has 0 fully saturated rings. The first-order valence-electron chi connectivity index (χ1n) is 4.75. The summed E-state index contributed by atoms with van der Waals surface area (Å²) in [5.74, 6) is 5.26. The number of nitrogens with one attached hydrogen (secondary N) is 1. The fourth-order valence-corrected chi connectivity index (χ4v) is 2.75. The van der Waals surface area contributed by atoms with Crippen LogP contribution in [0.3, 0.4) is 0 Å². The summed E-state index contributed by atoms with van der Waals surface area (Å²) in [6.07, 6.45) is -3.77. The minimum atomic E-state index is -4.30. The van der Waals surface area contributed by atoms with E-state index in [1.807, 2.05) is 12.1 Å². The highest BCUT2D eigenvalue weighted by Gasteiger charge is 2.27. The monoisotopic (exact) mass is 332 g/mol. The number of hydrogen-bond donors (Lipinski definition) is 2. The van der Waals surface area contributed by atoms with Crippen molar-refractivity contribution in [3.05, 3.63) is 20.8 Å². The fraction of sp³-hybridized carbons (Fsp3) is 0.556. The van der Waals surface area contributed by atoms with E-state index in [0.29, 0.717) is 6.42 Å². The van der Waals surface area contributed by atoms with Gasteiger partial charge in [0.05, 0.1) is 10.4 Å². The molecular formula is C9H12BrF3N2OS. The summed E-state index contributed by atoms with van der Waals surface area (Å²) < 4.78 is 41.1. The Morgan fingerprint density at radius 3 is 2.65 bits per heavy atom. The van der Waals surface area contributed by atoms with Crippen LogP contribution in [0, 0.1) is 0 Å². The lowest BCUT2D eigenvalue weighted by atomic mass is 10.2. The van der Waals surface area contributed by atoms with Crippen LogP contribution in [-0.2, 0) is 11.2 Å². The first-order valence-corrected chi connectivity index (χ1v) is 6.36. The van der Waals surface area contributed by atoms with Crippen LogP contribution in [-0.4, -0.2) is 25.4 Å². The molecule has 0 bridgehead atoms. The van der Waals surface area contributed by atoms with Gasteiger partial charge in [0.15, 0.2) is 0 Å². The molecule has 17 heavy (non-hydrogen) atoms. The molecular weight excluding hydrogens is 321 g/mol. The van der Waals surface area contributed by atoms with Gasteiger partial charge in [-0.1, -0.05) is 0 Å². The molecule has 0 amide bonds. The van der Waals surface area contributed by atoms with Crippen molar-refractivity contribution in [2.45, 2.75) is 18.6 Å². The Balaban J connectivity index is 2.34. The average molecular weight is 333 g/mol. The van der Waals surface area contributed by atoms with Gasteiger partial charge in [-0.15, -0.1) is 11.3 Å². The predicted molar refractivity (Wildman–Crippen MR) is 63.7 cm³/mol. The maximum absolute atomic E-state index is 11.9. The lowest BCUT2D eigenvalue weighted by molar-refractivity contribution is -0.175. The zero-order valence-corrected chi connectivity index (χ0v) is 11.2. The number of hydrazine groups is 1. The third kappa shape index (κ3) is 6.37. The summed E-state index contributed by atoms with van der Waals surface area (Å²) in [5, 5.41) is 0. The molecule has 1 heterocycles. The molecule has 1 atom stereocenters. The predicted octanol–water partition coefficient (Wildman–Crippen LogP) is 2.46. The third-order valence-corrected chi connectivity index (χ3v) is 3.54. The van der Waals surface area contributed by atoms with E-state index in [-0.39, 0.29) is 12.6 Å². The van der Waals surface area contributed by atoms with Crippen molar-refractivity contribution in [2.24, 2.45) is 5.84 Å². The van der Waals surface area contributed by atoms with E-state index >= 15 is 0 Å². The van der Waals surface area contributed by atoms with Gasteiger partial charge in [0.1, 0.15) is 6.61 Å². The number of thiophene rings is 1. The van der Waals surface area contributed by atoms with Gasteiger partial charge in [-0.05, 0) is 28.1 Å². The summed E-state index contributed by atoms with van der Waals surface area (Å²) in [6, 6.07) is 3.44. The van der Waals surface area contributed by atoms with Crippen LogP contribution < -0.4 is 11.3 Å². The van der Waals surface area contributed by atoms with E-state index < -0.39 is 12.8 Å². The van der Waals surface area contributed by atoms with Crippen molar-refractivity contribution in [3.63, 3.8) is 0 Å². The Kier molecular flexibility index (Phi) is 5.87. The molecule has 3 N–H and O–H groups in total. The highest BCUT2D eigenvalue weighted by atomic mass is 79.9. The van der Waals surface area contributed by atoms with Gasteiger partial charge in [-0.2, -0.15) is 13.2 Å². The highest BCUT2D eigenvalue weighted by molar-refractivity contribution is 9.11. The molecule has 1 unspecified atom stereocenters. The number of ether oxygens (including phenoxy) is 1. The van der Waals surface area contributed by atoms with E-state index in [9.17, 15) is 13.2 Å². The minimum Gasteiger partial charge on any atom is -0.370 e. The molecule has 0 aliphatic rings. The summed E-state index contributed by atoms with van der Waals surface area (Å²) in [4.78, 5) is 1.02. The van der Waals surface area contributed by atoms with Gasteiger partial charge in [0, 0.05) is 17.3 Å². The Hall–Kier alpha value is -0.150. The Bertz CT molecular complexity index is 345. The Labute approximate surface area is 109 Å². The van der Waals surface area contributed by atoms with E-state index in [2.05, 4.69) is 26.1 Å². The van der Waals surface area contributed by atoms with E-state index in [4.69, 9.17) is 5.84 Å². The van der Waals surface area contributed by atoms with Crippen LogP contribution in [0.5, 0.6) is 0 Å². The highest BCUT2D eigenvalue weighted by Crippen LogP contribution is 2.23. The summed E-state index contributed by atoms with van der Waals surface area (Å²) in [6.45, 7) is -1.33. The van der Waals surface area contributed by atoms with Gasteiger partial charge in [-0.3, -0.25) is 11.3 Å². The molecule has 98 valence electrons. The van der Waals surface area contributed by atoms with Gasteiger partial charge in [0.25, 0.3) is 0 Å². The second kappa shape index (κ2) is 6.69. The lowest BCUT2D eigenvalue weighted by Crippen LogP contribution is -2.40. The van der Waals surface area contributed by atoms with Crippen LogP contribution in [0.25, 0.3) is 0 Å². The van der Waals surface area contributed by atoms with Crippen molar-refractivity contribution >= 4 is 27.3 Å². The number of nitrogens with two attached hydrogens (primary N) is 1. The summed E-state index contributed by atoms with van der Waals surface area (Å²) >= 11 is 4.82. The molecule has 0 aliphatic heterocycles. The molecule has 0 saturated carbocycles. The Morgan fingerprint density at radius 1 is 1.47 bits per heavy atom. The average Bonchev–Trinajstić information content (AvgIpc) is 2.60. The van der Waals surface area contributed by atoms with Gasteiger partial charge in [-0.25, -0.2) is 0 Å². The molecule has 1 rings (SSSR count). The molecule has 1 aromatic heterocycles. The second-order valence-corrected chi connectivity index (χ2v) is 5.95. The Morgan fingerprint density at radius 2 is 2.18 bits per heavy atom. The number of alkyl halides is 3. The van der Waals surface area contributed by atoms with Crippen molar-refractivity contribution in [2.75, 3.05) is 13.2 Å². The lowest BCUT2D eigenvalue weighted by Gasteiger charge is -2.16. The van der Waals surface area contributed by atoms with Gasteiger partial charge in [0.2, 0.25) is 0 Å². The maximum atomic E-state index is 11.9. The molecule has 8 heteroatoms. The fourth-order valence-electron chi connectivity index (χ4n) is 1.19. The van der Waals surface area contributed by atoms with E-state index in [1.54, 1.807) is 0 Å². The zero-order chi connectivity index (χ0) is 12.9. The van der Waals surface area contributed by atoms with Gasteiger partial charge < -0.3 is 4.74 Å². The molecule has 3 nitrogen and oxygen atoms in total. The van der Waals surface area contributed by atoms with Crippen molar-refractivity contribution < 1.29 is 17.9 Å². The largest absolute Gasteiger partial charge is 0.411 e. The molecule has 0 saturated heterocycles. The van der Waals surface area contributed by atoms with Crippen LogP contribution in [0.15, 0.2) is 15.9 Å². The first-order chi connectivity index (χ1) is 7.90. The van der Waals surface area contributed by atoms with E-state index in [0.717, 1.165) is 8.66 Å².